The van der Waals surface area contributed by atoms with Gasteiger partial charge in [0.1, 0.15) is 0 Å². The summed E-state index contributed by atoms with van der Waals surface area (Å²) in [4.78, 5) is 4.33. The Morgan fingerprint density at radius 1 is 1.06 bits per heavy atom. The molecule has 2 heterocycles. The molecule has 4 nitrogen and oxygen atoms in total. The Bertz CT molecular complexity index is 611. The van der Waals surface area contributed by atoms with Crippen LogP contribution in [0.5, 0.6) is 0 Å². The average molecular weight is 224 g/mol. The molecule has 0 radical (unpaired) electrons. The Kier molecular flexibility index (Phi) is 2.46. The molecule has 0 unspecified atom stereocenters. The summed E-state index contributed by atoms with van der Waals surface area (Å²) < 4.78 is 0. The van der Waals surface area contributed by atoms with Crippen molar-refractivity contribution in [2.75, 3.05) is 5.32 Å². The van der Waals surface area contributed by atoms with E-state index in [4.69, 9.17) is 0 Å². The Hall–Kier alpha value is -2.36. The molecule has 2 aromatic heterocycles. The van der Waals surface area contributed by atoms with Crippen LogP contribution in [0.4, 0.5) is 5.69 Å². The van der Waals surface area contributed by atoms with Crippen molar-refractivity contribution in [3.63, 3.8) is 0 Å². The van der Waals surface area contributed by atoms with Crippen molar-refractivity contribution < 1.29 is 0 Å². The van der Waals surface area contributed by atoms with Crippen LogP contribution in [0.15, 0.2) is 48.8 Å². The molecule has 0 aliphatic carbocycles. The van der Waals surface area contributed by atoms with Crippen molar-refractivity contribution in [2.45, 2.75) is 6.54 Å². The van der Waals surface area contributed by atoms with Crippen LogP contribution in [0.25, 0.3) is 10.9 Å². The molecule has 17 heavy (non-hydrogen) atoms. The summed E-state index contributed by atoms with van der Waals surface area (Å²) >= 11 is 0. The number of aromatic nitrogens is 3. The summed E-state index contributed by atoms with van der Waals surface area (Å²) in [7, 11) is 0. The second-order valence-electron chi connectivity index (χ2n) is 3.81. The van der Waals surface area contributed by atoms with Crippen LogP contribution in [0.3, 0.4) is 0 Å². The van der Waals surface area contributed by atoms with Crippen molar-refractivity contribution in [1.29, 1.82) is 0 Å². The quantitative estimate of drug-likeness (QED) is 0.719. The molecule has 0 atom stereocenters. The number of H-pyrrole nitrogens is 1. The van der Waals surface area contributed by atoms with Gasteiger partial charge < -0.3 is 5.32 Å². The Morgan fingerprint density at radius 2 is 2.06 bits per heavy atom. The number of nitrogens with zero attached hydrogens (tertiary/aromatic N) is 2. The molecule has 0 saturated heterocycles. The number of aromatic amines is 1. The highest BCUT2D eigenvalue weighted by atomic mass is 15.1. The maximum absolute atomic E-state index is 4.33. The number of pyridine rings is 1. The van der Waals surface area contributed by atoms with Gasteiger partial charge in [-0.2, -0.15) is 5.10 Å². The fourth-order valence-electron chi connectivity index (χ4n) is 1.83. The number of benzene rings is 1. The van der Waals surface area contributed by atoms with Crippen LogP contribution in [-0.4, -0.2) is 15.2 Å². The van der Waals surface area contributed by atoms with E-state index < -0.39 is 0 Å². The molecule has 3 rings (SSSR count). The number of fused-ring (bicyclic) bond motifs is 1. The summed E-state index contributed by atoms with van der Waals surface area (Å²) in [5.74, 6) is 0. The predicted octanol–water partition coefficient (Wildman–Crippen LogP) is 2.57. The van der Waals surface area contributed by atoms with Gasteiger partial charge in [0.25, 0.3) is 0 Å². The van der Waals surface area contributed by atoms with E-state index in [-0.39, 0.29) is 0 Å². The van der Waals surface area contributed by atoms with Gasteiger partial charge in [-0.3, -0.25) is 10.1 Å². The number of anilines is 1. The lowest BCUT2D eigenvalue weighted by Gasteiger charge is -2.07. The van der Waals surface area contributed by atoms with Crippen molar-refractivity contribution >= 4 is 16.6 Å². The van der Waals surface area contributed by atoms with Gasteiger partial charge >= 0.3 is 0 Å². The van der Waals surface area contributed by atoms with Crippen LogP contribution in [-0.2, 0) is 6.54 Å². The van der Waals surface area contributed by atoms with Crippen molar-refractivity contribution in [3.05, 3.63) is 54.5 Å². The SMILES string of the molecule is c1cc(NCc2ccn[nH]2)c2cccnc2c1. The molecular formula is C13H12N4. The first kappa shape index (κ1) is 9.84. The van der Waals surface area contributed by atoms with Crippen LogP contribution in [0.1, 0.15) is 5.69 Å². The van der Waals surface area contributed by atoms with E-state index >= 15 is 0 Å². The predicted molar refractivity (Wildman–Crippen MR) is 67.7 cm³/mol. The van der Waals surface area contributed by atoms with E-state index in [0.29, 0.717) is 0 Å². The van der Waals surface area contributed by atoms with Gasteiger partial charge in [0.05, 0.1) is 17.8 Å². The van der Waals surface area contributed by atoms with Gasteiger partial charge in [0, 0.05) is 23.5 Å². The minimum absolute atomic E-state index is 0.730. The second kappa shape index (κ2) is 4.25. The maximum Gasteiger partial charge on any atom is 0.0722 e. The molecule has 0 aliphatic heterocycles. The molecule has 0 saturated carbocycles. The smallest absolute Gasteiger partial charge is 0.0722 e. The average Bonchev–Trinajstić information content (AvgIpc) is 2.89. The van der Waals surface area contributed by atoms with Crippen LogP contribution < -0.4 is 5.32 Å². The monoisotopic (exact) mass is 224 g/mol. The molecule has 1 aromatic carbocycles. The Balaban J connectivity index is 1.90. The minimum Gasteiger partial charge on any atom is -0.379 e. The zero-order valence-corrected chi connectivity index (χ0v) is 9.22. The molecule has 0 spiro atoms. The Morgan fingerprint density at radius 3 is 2.94 bits per heavy atom. The Labute approximate surface area is 98.7 Å². The highest BCUT2D eigenvalue weighted by Gasteiger charge is 2.00. The van der Waals surface area contributed by atoms with Gasteiger partial charge in [-0.1, -0.05) is 6.07 Å². The van der Waals surface area contributed by atoms with Crippen LogP contribution in [0, 0.1) is 0 Å². The van der Waals surface area contributed by atoms with Gasteiger partial charge in [0.15, 0.2) is 0 Å². The van der Waals surface area contributed by atoms with Gasteiger partial charge in [0.2, 0.25) is 0 Å². The molecule has 0 amide bonds. The lowest BCUT2D eigenvalue weighted by Crippen LogP contribution is -2.00. The van der Waals surface area contributed by atoms with E-state index in [9.17, 15) is 0 Å². The fraction of sp³-hybridized carbons (Fsp3) is 0.0769. The first-order chi connectivity index (χ1) is 8.43. The van der Waals surface area contributed by atoms with E-state index in [1.807, 2.05) is 24.3 Å². The molecule has 4 heteroatoms. The summed E-state index contributed by atoms with van der Waals surface area (Å²) in [6.07, 6.45) is 3.56. The summed E-state index contributed by atoms with van der Waals surface area (Å²) in [5.41, 5.74) is 3.15. The number of nitrogens with one attached hydrogen (secondary N) is 2. The standard InChI is InChI=1S/C13H12N4/c1-4-12-11(3-2-7-14-12)13(5-1)15-9-10-6-8-16-17-10/h1-8,15H,9H2,(H,16,17). The molecular weight excluding hydrogens is 212 g/mol. The van der Waals surface area contributed by atoms with Crippen molar-refractivity contribution in [2.24, 2.45) is 0 Å². The maximum atomic E-state index is 4.33. The highest BCUT2D eigenvalue weighted by Crippen LogP contribution is 2.21. The number of hydrogen-bond acceptors (Lipinski definition) is 3. The third-order valence-electron chi connectivity index (χ3n) is 2.67. The summed E-state index contributed by atoms with van der Waals surface area (Å²) in [5, 5.41) is 11.4. The van der Waals surface area contributed by atoms with Gasteiger partial charge in [-0.25, -0.2) is 0 Å². The fourth-order valence-corrected chi connectivity index (χ4v) is 1.83. The number of hydrogen-bond donors (Lipinski definition) is 2. The molecule has 2 N–H and O–H groups in total. The third kappa shape index (κ3) is 1.97. The first-order valence-electron chi connectivity index (χ1n) is 5.49. The molecule has 0 bridgehead atoms. The second-order valence-corrected chi connectivity index (χ2v) is 3.81. The largest absolute Gasteiger partial charge is 0.379 e. The topological polar surface area (TPSA) is 53.6 Å². The van der Waals surface area contributed by atoms with E-state index in [1.165, 1.54) is 0 Å². The lowest BCUT2D eigenvalue weighted by molar-refractivity contribution is 0.982. The highest BCUT2D eigenvalue weighted by molar-refractivity contribution is 5.91. The summed E-state index contributed by atoms with van der Waals surface area (Å²) in [6.45, 7) is 0.730. The lowest BCUT2D eigenvalue weighted by atomic mass is 10.2. The minimum atomic E-state index is 0.730. The van der Waals surface area contributed by atoms with Crippen molar-refractivity contribution in [3.8, 4) is 0 Å². The number of rotatable bonds is 3. The molecule has 84 valence electrons. The van der Waals surface area contributed by atoms with Gasteiger partial charge in [-0.15, -0.1) is 0 Å². The third-order valence-corrected chi connectivity index (χ3v) is 2.67. The van der Waals surface area contributed by atoms with Crippen LogP contribution in [0.2, 0.25) is 0 Å². The first-order valence-corrected chi connectivity index (χ1v) is 5.49. The van der Waals surface area contributed by atoms with E-state index in [2.05, 4.69) is 32.6 Å². The van der Waals surface area contributed by atoms with Crippen LogP contribution >= 0.6 is 0 Å². The van der Waals surface area contributed by atoms with Gasteiger partial charge in [-0.05, 0) is 30.3 Å². The molecule has 0 aliphatic rings. The molecule has 3 aromatic rings. The molecule has 0 fully saturated rings. The van der Waals surface area contributed by atoms with Crippen molar-refractivity contribution in [1.82, 2.24) is 15.2 Å². The van der Waals surface area contributed by atoms with E-state index in [0.717, 1.165) is 28.8 Å². The summed E-state index contributed by atoms with van der Waals surface area (Å²) in [6, 6.07) is 12.0. The normalized spacial score (nSPS) is 10.6. The van der Waals surface area contributed by atoms with E-state index in [1.54, 1.807) is 12.4 Å². The zero-order valence-electron chi connectivity index (χ0n) is 9.22. The zero-order chi connectivity index (χ0) is 11.5.